The van der Waals surface area contributed by atoms with Gasteiger partial charge in [-0.1, -0.05) is 64.1 Å². The molecule has 0 bridgehead atoms. The number of carboxylic acid groups (broad SMARTS) is 2. The molecule has 64 heavy (non-hydrogen) atoms. The van der Waals surface area contributed by atoms with Gasteiger partial charge in [-0.3, -0.25) is 9.97 Å². The maximum absolute atomic E-state index is 11.5. The Balaban J connectivity index is 0.000000191. The molecule has 0 saturated carbocycles. The van der Waals surface area contributed by atoms with E-state index in [9.17, 15) is 19.8 Å². The molecule has 4 N–H and O–H groups in total. The van der Waals surface area contributed by atoms with E-state index in [1.165, 1.54) is 68.5 Å². The fourth-order valence-electron chi connectivity index (χ4n) is 8.95. The molecule has 2 aliphatic rings. The second-order valence-electron chi connectivity index (χ2n) is 17.6. The molecule has 0 saturated heterocycles. The first kappa shape index (κ1) is 45.7. The van der Waals surface area contributed by atoms with Gasteiger partial charge in [0.25, 0.3) is 0 Å². The number of nitrogens with zero attached hydrogens (tertiary/aromatic N) is 4. The zero-order chi connectivity index (χ0) is 45.3. The van der Waals surface area contributed by atoms with Gasteiger partial charge < -0.3 is 30.6 Å². The molecule has 8 rings (SSSR count). The Morgan fingerprint density at radius 2 is 0.953 bits per heavy atom. The highest BCUT2D eigenvalue weighted by Crippen LogP contribution is 2.35. The van der Waals surface area contributed by atoms with Crippen LogP contribution < -0.4 is 20.4 Å². The van der Waals surface area contributed by atoms with Crippen molar-refractivity contribution in [3.63, 3.8) is 0 Å². The van der Waals surface area contributed by atoms with Gasteiger partial charge in [-0.25, -0.2) is 9.59 Å². The monoisotopic (exact) mass is 858 g/mol. The topological polar surface area (TPSA) is 131 Å². The SMILES string of the molecule is CC(C)c1ccc(N(C)c2ccc3c(c2)CCN[C@@H]3CCc2cnccc2C(=O)O)cc1.CC(C)c1ccc(N(C)c2ccc3c(c2)CCN[C@H]3CCc2cnccc2C(=O)O)cc1. The number of fused-ring (bicyclic) bond motifs is 2. The van der Waals surface area contributed by atoms with E-state index >= 15 is 0 Å². The summed E-state index contributed by atoms with van der Waals surface area (Å²) in [7, 11) is 4.22. The summed E-state index contributed by atoms with van der Waals surface area (Å²) in [5.74, 6) is -0.733. The molecule has 0 fully saturated rings. The molecule has 0 spiro atoms. The summed E-state index contributed by atoms with van der Waals surface area (Å²) < 4.78 is 0. The van der Waals surface area contributed by atoms with Crippen LogP contribution in [0.3, 0.4) is 0 Å². The van der Waals surface area contributed by atoms with E-state index in [4.69, 9.17) is 0 Å². The number of carboxylic acids is 2. The summed E-state index contributed by atoms with van der Waals surface area (Å²) in [6, 6.07) is 34.6. The third-order valence-electron chi connectivity index (χ3n) is 12.9. The average Bonchev–Trinajstić information content (AvgIpc) is 3.32. The zero-order valence-corrected chi connectivity index (χ0v) is 38.0. The van der Waals surface area contributed by atoms with E-state index in [2.05, 4.69) is 157 Å². The summed E-state index contributed by atoms with van der Waals surface area (Å²) in [6.07, 6.45) is 11.4. The minimum atomic E-state index is -0.895. The number of nitrogens with one attached hydrogen (secondary N) is 2. The first-order valence-corrected chi connectivity index (χ1v) is 22.6. The molecule has 2 aliphatic heterocycles. The van der Waals surface area contributed by atoms with Crippen molar-refractivity contribution < 1.29 is 19.8 Å². The van der Waals surface area contributed by atoms with Crippen LogP contribution in [0, 0.1) is 0 Å². The second kappa shape index (κ2) is 20.9. The summed E-state index contributed by atoms with van der Waals surface area (Å²) in [4.78, 5) is 35.7. The van der Waals surface area contributed by atoms with E-state index in [1.807, 2.05) is 0 Å². The van der Waals surface area contributed by atoms with Crippen molar-refractivity contribution >= 4 is 34.7 Å². The fraction of sp³-hybridized carbons (Fsp3) is 0.333. The van der Waals surface area contributed by atoms with Gasteiger partial charge >= 0.3 is 11.9 Å². The van der Waals surface area contributed by atoms with Gasteiger partial charge in [0.15, 0.2) is 0 Å². The fourth-order valence-corrected chi connectivity index (χ4v) is 8.95. The van der Waals surface area contributed by atoms with E-state index in [-0.39, 0.29) is 12.1 Å². The second-order valence-corrected chi connectivity index (χ2v) is 17.6. The molecule has 0 unspecified atom stereocenters. The van der Waals surface area contributed by atoms with Gasteiger partial charge in [-0.15, -0.1) is 0 Å². The zero-order valence-electron chi connectivity index (χ0n) is 38.0. The lowest BCUT2D eigenvalue weighted by atomic mass is 9.89. The van der Waals surface area contributed by atoms with Crippen molar-refractivity contribution in [1.29, 1.82) is 0 Å². The summed E-state index contributed by atoms with van der Waals surface area (Å²) >= 11 is 0. The van der Waals surface area contributed by atoms with Gasteiger partial charge in [-0.05, 0) is 169 Å². The van der Waals surface area contributed by atoms with Gasteiger partial charge in [0.2, 0.25) is 0 Å². The van der Waals surface area contributed by atoms with E-state index in [0.717, 1.165) is 49.9 Å². The van der Waals surface area contributed by atoms with Gasteiger partial charge in [-0.2, -0.15) is 0 Å². The first-order valence-electron chi connectivity index (χ1n) is 22.6. The number of hydrogen-bond donors (Lipinski definition) is 4. The quantitative estimate of drug-likeness (QED) is 0.0840. The largest absolute Gasteiger partial charge is 0.478 e. The number of aromatic nitrogens is 2. The van der Waals surface area contributed by atoms with Crippen LogP contribution in [0.4, 0.5) is 22.7 Å². The van der Waals surface area contributed by atoms with Gasteiger partial charge in [0.05, 0.1) is 11.1 Å². The number of rotatable bonds is 14. The van der Waals surface area contributed by atoms with Crippen molar-refractivity contribution in [2.24, 2.45) is 0 Å². The normalized spacial score (nSPS) is 15.4. The van der Waals surface area contributed by atoms with Crippen LogP contribution in [0.2, 0.25) is 0 Å². The maximum atomic E-state index is 11.5. The summed E-state index contributed by atoms with van der Waals surface area (Å²) in [5, 5.41) is 26.1. The standard InChI is InChI=1S/2C27H31N3O2/c2*1-18(2)19-4-7-22(8-5-19)30(3)23-9-10-24-20(16-23)12-15-29-26(24)11-6-21-17-28-14-13-25(21)27(31)32/h2*4-5,7-10,13-14,16-18,26,29H,6,11-12,15H2,1-3H3,(H,31,32)/t2*26-/m10/s1. The lowest BCUT2D eigenvalue weighted by molar-refractivity contribution is 0.0684. The Bertz CT molecular complexity index is 2360. The van der Waals surface area contributed by atoms with Gasteiger partial charge in [0, 0.05) is 73.7 Å². The number of carbonyl (C=O) groups is 2. The molecule has 2 atom stereocenters. The van der Waals surface area contributed by atoms with Crippen LogP contribution in [0.25, 0.3) is 0 Å². The molecule has 0 aliphatic carbocycles. The number of hydrogen-bond acceptors (Lipinski definition) is 8. The smallest absolute Gasteiger partial charge is 0.336 e. The summed E-state index contributed by atoms with van der Waals surface area (Å²) in [6.45, 7) is 10.7. The highest BCUT2D eigenvalue weighted by atomic mass is 16.4. The molecule has 2 aromatic heterocycles. The van der Waals surface area contributed by atoms with Crippen LogP contribution in [0.5, 0.6) is 0 Å². The number of benzene rings is 4. The molecule has 6 aromatic rings. The molecular weight excluding hydrogens is 797 g/mol. The highest BCUT2D eigenvalue weighted by molar-refractivity contribution is 5.89. The predicted octanol–water partition coefficient (Wildman–Crippen LogP) is 11.0. The number of aryl methyl sites for hydroxylation is 2. The Kier molecular flexibility index (Phi) is 14.9. The minimum Gasteiger partial charge on any atom is -0.478 e. The molecule has 4 aromatic carbocycles. The van der Waals surface area contributed by atoms with Crippen molar-refractivity contribution in [3.8, 4) is 0 Å². The van der Waals surface area contributed by atoms with Crippen LogP contribution in [-0.2, 0) is 25.7 Å². The lowest BCUT2D eigenvalue weighted by Crippen LogP contribution is -2.30. The minimum absolute atomic E-state index is 0.213. The Hall–Kier alpha value is -6.36. The molecule has 0 radical (unpaired) electrons. The van der Waals surface area contributed by atoms with Crippen LogP contribution in [0.15, 0.2) is 122 Å². The van der Waals surface area contributed by atoms with E-state index in [1.54, 1.807) is 24.5 Å². The number of aromatic carboxylic acids is 2. The molecule has 332 valence electrons. The van der Waals surface area contributed by atoms with E-state index < -0.39 is 11.9 Å². The maximum Gasteiger partial charge on any atom is 0.336 e. The third kappa shape index (κ3) is 10.9. The molecule has 10 heteroatoms. The van der Waals surface area contributed by atoms with Crippen LogP contribution in [-0.4, -0.2) is 59.3 Å². The molecule has 0 amide bonds. The summed E-state index contributed by atoms with van der Waals surface area (Å²) in [5.41, 5.74) is 15.0. The molecular formula is C54H62N6O4. The van der Waals surface area contributed by atoms with Crippen LogP contribution >= 0.6 is 0 Å². The Morgan fingerprint density at radius 3 is 1.31 bits per heavy atom. The number of pyridine rings is 2. The number of anilines is 4. The van der Waals surface area contributed by atoms with Crippen LogP contribution in [0.1, 0.15) is 130 Å². The Labute approximate surface area is 378 Å². The average molecular weight is 859 g/mol. The van der Waals surface area contributed by atoms with Crippen molar-refractivity contribution in [2.75, 3.05) is 37.0 Å². The lowest BCUT2D eigenvalue weighted by Gasteiger charge is -2.29. The first-order chi connectivity index (χ1) is 30.9. The third-order valence-corrected chi connectivity index (χ3v) is 12.9. The van der Waals surface area contributed by atoms with Crippen molar-refractivity contribution in [3.05, 3.63) is 177 Å². The highest BCUT2D eigenvalue weighted by Gasteiger charge is 2.24. The van der Waals surface area contributed by atoms with E-state index in [0.29, 0.717) is 35.8 Å². The van der Waals surface area contributed by atoms with Gasteiger partial charge in [0.1, 0.15) is 0 Å². The Morgan fingerprint density at radius 1 is 0.578 bits per heavy atom. The molecule has 4 heterocycles. The predicted molar refractivity (Wildman–Crippen MR) is 258 cm³/mol. The van der Waals surface area contributed by atoms with Crippen molar-refractivity contribution in [2.45, 2.75) is 90.1 Å². The molecule has 10 nitrogen and oxygen atoms in total. The van der Waals surface area contributed by atoms with Crippen molar-refractivity contribution in [1.82, 2.24) is 20.6 Å².